The Bertz CT molecular complexity index is 1260. The van der Waals surface area contributed by atoms with Gasteiger partial charge in [0.15, 0.2) is 5.82 Å². The average Bonchev–Trinajstić information content (AvgIpc) is 3.06. The molecule has 31 heavy (non-hydrogen) atoms. The van der Waals surface area contributed by atoms with Gasteiger partial charge >= 0.3 is 0 Å². The molecule has 0 saturated carbocycles. The molecule has 2 aromatic heterocycles. The molecule has 0 atom stereocenters. The van der Waals surface area contributed by atoms with E-state index in [1.807, 2.05) is 48.5 Å². The number of pyridine rings is 1. The normalized spacial score (nSPS) is 13.5. The molecule has 0 fully saturated rings. The molecule has 0 bridgehead atoms. The number of hydrogen-bond donors (Lipinski definition) is 1. The fraction of sp³-hybridized carbons (Fsp3) is 0.250. The number of nitrogens with one attached hydrogen (secondary N) is 1. The van der Waals surface area contributed by atoms with E-state index >= 15 is 0 Å². The third-order valence-electron chi connectivity index (χ3n) is 5.62. The zero-order valence-corrected chi connectivity index (χ0v) is 17.3. The number of anilines is 1. The monoisotopic (exact) mass is 413 g/mol. The second-order valence-corrected chi connectivity index (χ2v) is 7.69. The largest absolute Gasteiger partial charge is 0.497 e. The molecular weight excluding hydrogens is 390 g/mol. The lowest BCUT2D eigenvalue weighted by molar-refractivity contribution is 0.102. The summed E-state index contributed by atoms with van der Waals surface area (Å²) < 4.78 is 7.45. The predicted molar refractivity (Wildman–Crippen MR) is 119 cm³/mol. The summed E-state index contributed by atoms with van der Waals surface area (Å²) in [5.41, 5.74) is 2.75. The summed E-state index contributed by atoms with van der Waals surface area (Å²) >= 11 is 0. The lowest BCUT2D eigenvalue weighted by atomic mass is 10.1. The standard InChI is InChI=1S/C24H23N5O2/c1-31-19-10-12-20-16(15-19)9-11-21(26-20)24(30)25-18-7-5-6-17(14-18)23-28-27-22-8-3-2-4-13-29(22)23/h5-7,9-12,14-15H,2-4,8,13H2,1H3,(H,25,30). The molecule has 7 heteroatoms. The Morgan fingerprint density at radius 3 is 2.87 bits per heavy atom. The van der Waals surface area contributed by atoms with Crippen LogP contribution in [0.4, 0.5) is 5.69 Å². The lowest BCUT2D eigenvalue weighted by Crippen LogP contribution is -2.13. The van der Waals surface area contributed by atoms with E-state index in [-0.39, 0.29) is 5.91 Å². The first-order valence-corrected chi connectivity index (χ1v) is 10.5. The van der Waals surface area contributed by atoms with Crippen LogP contribution >= 0.6 is 0 Å². The van der Waals surface area contributed by atoms with Crippen LogP contribution < -0.4 is 10.1 Å². The number of aromatic nitrogens is 4. The van der Waals surface area contributed by atoms with Gasteiger partial charge in [0.25, 0.3) is 5.91 Å². The molecule has 4 aromatic rings. The maximum atomic E-state index is 12.8. The van der Waals surface area contributed by atoms with Crippen molar-refractivity contribution in [3.8, 4) is 17.1 Å². The van der Waals surface area contributed by atoms with Crippen LogP contribution in [0.1, 0.15) is 35.6 Å². The van der Waals surface area contributed by atoms with Crippen LogP contribution in [-0.2, 0) is 13.0 Å². The number of ether oxygens (including phenoxy) is 1. The predicted octanol–water partition coefficient (Wildman–Crippen LogP) is 4.48. The lowest BCUT2D eigenvalue weighted by Gasteiger charge is -2.10. The van der Waals surface area contributed by atoms with Crippen LogP contribution in [0.5, 0.6) is 5.75 Å². The summed E-state index contributed by atoms with van der Waals surface area (Å²) in [5.74, 6) is 2.40. The van der Waals surface area contributed by atoms with Crippen molar-refractivity contribution in [2.45, 2.75) is 32.2 Å². The molecule has 0 saturated heterocycles. The maximum absolute atomic E-state index is 12.8. The molecule has 1 amide bonds. The van der Waals surface area contributed by atoms with E-state index in [0.717, 1.165) is 59.7 Å². The first-order valence-electron chi connectivity index (χ1n) is 10.5. The Morgan fingerprint density at radius 1 is 1.03 bits per heavy atom. The summed E-state index contributed by atoms with van der Waals surface area (Å²) in [4.78, 5) is 17.3. The summed E-state index contributed by atoms with van der Waals surface area (Å²) in [7, 11) is 1.63. The Balaban J connectivity index is 1.39. The van der Waals surface area contributed by atoms with Gasteiger partial charge in [0.1, 0.15) is 17.3 Å². The summed E-state index contributed by atoms with van der Waals surface area (Å²) in [6.07, 6.45) is 4.46. The molecule has 3 heterocycles. The van der Waals surface area contributed by atoms with Gasteiger partial charge in [-0.3, -0.25) is 4.79 Å². The Hall–Kier alpha value is -3.74. The highest BCUT2D eigenvalue weighted by Gasteiger charge is 2.17. The number of nitrogens with zero attached hydrogens (tertiary/aromatic N) is 4. The minimum atomic E-state index is -0.255. The first-order chi connectivity index (χ1) is 15.2. The van der Waals surface area contributed by atoms with Crippen molar-refractivity contribution in [3.63, 3.8) is 0 Å². The van der Waals surface area contributed by atoms with Crippen molar-refractivity contribution < 1.29 is 9.53 Å². The van der Waals surface area contributed by atoms with Crippen molar-refractivity contribution in [2.24, 2.45) is 0 Å². The van der Waals surface area contributed by atoms with Gasteiger partial charge in [-0.2, -0.15) is 0 Å². The Labute approximate surface area is 180 Å². The topological polar surface area (TPSA) is 81.9 Å². The van der Waals surface area contributed by atoms with Crippen LogP contribution in [0.15, 0.2) is 54.6 Å². The van der Waals surface area contributed by atoms with Crippen molar-refractivity contribution in [3.05, 3.63) is 66.1 Å². The number of methoxy groups -OCH3 is 1. The minimum absolute atomic E-state index is 0.255. The molecule has 5 rings (SSSR count). The maximum Gasteiger partial charge on any atom is 0.274 e. The molecule has 7 nitrogen and oxygen atoms in total. The molecular formula is C24H23N5O2. The molecule has 1 aliphatic rings. The SMILES string of the molecule is COc1ccc2nc(C(=O)Nc3cccc(-c4nnc5n4CCCCC5)c3)ccc2c1. The Morgan fingerprint density at radius 2 is 1.97 bits per heavy atom. The molecule has 2 aromatic carbocycles. The number of fused-ring (bicyclic) bond motifs is 2. The van der Waals surface area contributed by atoms with Crippen LogP contribution in [-0.4, -0.2) is 32.8 Å². The van der Waals surface area contributed by atoms with Gasteiger partial charge in [-0.1, -0.05) is 24.6 Å². The molecule has 0 unspecified atom stereocenters. The number of carbonyl (C=O) groups excluding carboxylic acids is 1. The number of aryl methyl sites for hydroxylation is 1. The van der Waals surface area contributed by atoms with Gasteiger partial charge in [0.05, 0.1) is 12.6 Å². The number of benzene rings is 2. The van der Waals surface area contributed by atoms with Crippen molar-refractivity contribution >= 4 is 22.5 Å². The van der Waals surface area contributed by atoms with E-state index in [4.69, 9.17) is 4.74 Å². The zero-order valence-electron chi connectivity index (χ0n) is 17.3. The number of hydrogen-bond acceptors (Lipinski definition) is 5. The van der Waals surface area contributed by atoms with E-state index in [1.165, 1.54) is 6.42 Å². The van der Waals surface area contributed by atoms with E-state index in [2.05, 4.69) is 25.1 Å². The fourth-order valence-corrected chi connectivity index (χ4v) is 3.99. The Kier molecular flexibility index (Phi) is 5.08. The third kappa shape index (κ3) is 3.86. The minimum Gasteiger partial charge on any atom is -0.497 e. The molecule has 0 spiro atoms. The highest BCUT2D eigenvalue weighted by molar-refractivity contribution is 6.04. The van der Waals surface area contributed by atoms with Crippen molar-refractivity contribution in [1.29, 1.82) is 0 Å². The van der Waals surface area contributed by atoms with Crippen LogP contribution in [0.3, 0.4) is 0 Å². The highest BCUT2D eigenvalue weighted by atomic mass is 16.5. The van der Waals surface area contributed by atoms with Gasteiger partial charge in [-0.05, 0) is 49.2 Å². The second kappa shape index (κ2) is 8.18. The van der Waals surface area contributed by atoms with E-state index < -0.39 is 0 Å². The van der Waals surface area contributed by atoms with E-state index in [9.17, 15) is 4.79 Å². The molecule has 156 valence electrons. The first kappa shape index (κ1) is 19.2. The van der Waals surface area contributed by atoms with E-state index in [1.54, 1.807) is 13.2 Å². The fourth-order valence-electron chi connectivity index (χ4n) is 3.99. The van der Waals surface area contributed by atoms with Gasteiger partial charge in [-0.15, -0.1) is 10.2 Å². The smallest absolute Gasteiger partial charge is 0.274 e. The van der Waals surface area contributed by atoms with Crippen LogP contribution in [0.2, 0.25) is 0 Å². The van der Waals surface area contributed by atoms with Crippen molar-refractivity contribution in [1.82, 2.24) is 19.7 Å². The molecule has 1 N–H and O–H groups in total. The van der Waals surface area contributed by atoms with Crippen LogP contribution in [0.25, 0.3) is 22.3 Å². The quantitative estimate of drug-likeness (QED) is 0.533. The number of carbonyl (C=O) groups is 1. The zero-order chi connectivity index (χ0) is 21.2. The summed E-state index contributed by atoms with van der Waals surface area (Å²) in [6, 6.07) is 16.9. The number of rotatable bonds is 4. The van der Waals surface area contributed by atoms with Gasteiger partial charge in [0, 0.05) is 29.6 Å². The molecule has 1 aliphatic heterocycles. The van der Waals surface area contributed by atoms with Gasteiger partial charge < -0.3 is 14.6 Å². The van der Waals surface area contributed by atoms with Gasteiger partial charge in [-0.25, -0.2) is 4.98 Å². The summed E-state index contributed by atoms with van der Waals surface area (Å²) in [5, 5.41) is 12.7. The van der Waals surface area contributed by atoms with Crippen LogP contribution in [0, 0.1) is 0 Å². The third-order valence-corrected chi connectivity index (χ3v) is 5.62. The van der Waals surface area contributed by atoms with Gasteiger partial charge in [0.2, 0.25) is 0 Å². The number of amides is 1. The molecule has 0 aliphatic carbocycles. The summed E-state index contributed by atoms with van der Waals surface area (Å²) in [6.45, 7) is 0.931. The van der Waals surface area contributed by atoms with Crippen molar-refractivity contribution in [2.75, 3.05) is 12.4 Å². The highest BCUT2D eigenvalue weighted by Crippen LogP contribution is 2.25. The van der Waals surface area contributed by atoms with E-state index in [0.29, 0.717) is 11.4 Å². The second-order valence-electron chi connectivity index (χ2n) is 7.69. The molecule has 0 radical (unpaired) electrons. The average molecular weight is 413 g/mol.